The lowest BCUT2D eigenvalue weighted by Crippen LogP contribution is -2.18. The molecule has 0 saturated carbocycles. The Morgan fingerprint density at radius 1 is 1.18 bits per heavy atom. The Balaban J connectivity index is 2.04. The number of ether oxygens (including phenoxy) is 2. The third kappa shape index (κ3) is 5.03. The molecule has 3 aromatic heterocycles. The van der Waals surface area contributed by atoms with Crippen LogP contribution < -0.4 is 5.32 Å². The fourth-order valence-electron chi connectivity index (χ4n) is 3.09. The van der Waals surface area contributed by atoms with Crippen LogP contribution in [0.2, 0.25) is 0 Å². The number of esters is 2. The van der Waals surface area contributed by atoms with Gasteiger partial charge in [0.2, 0.25) is 0 Å². The van der Waals surface area contributed by atoms with E-state index in [1.54, 1.807) is 20.8 Å². The minimum absolute atomic E-state index is 0.0200. The summed E-state index contributed by atoms with van der Waals surface area (Å²) in [5.74, 6) is -2.36. The van der Waals surface area contributed by atoms with Crippen molar-refractivity contribution in [1.82, 2.24) is 14.6 Å². The Morgan fingerprint density at radius 3 is 2.44 bits per heavy atom. The second-order valence-electron chi connectivity index (χ2n) is 7.47. The molecular formula is C21H21F3N4O5S. The first-order valence-electron chi connectivity index (χ1n) is 10.1. The van der Waals surface area contributed by atoms with Crippen LogP contribution in [0.4, 0.5) is 18.2 Å². The molecule has 1 N–H and O–H groups in total. The van der Waals surface area contributed by atoms with Crippen molar-refractivity contribution in [2.24, 2.45) is 0 Å². The Hall–Kier alpha value is -3.48. The first-order valence-corrected chi connectivity index (χ1v) is 10.9. The van der Waals surface area contributed by atoms with Gasteiger partial charge < -0.3 is 14.8 Å². The van der Waals surface area contributed by atoms with Crippen molar-refractivity contribution in [2.75, 3.05) is 11.9 Å². The Kier molecular flexibility index (Phi) is 6.96. The fourth-order valence-corrected chi connectivity index (χ4v) is 4.18. The molecule has 0 aliphatic rings. The monoisotopic (exact) mass is 498 g/mol. The molecule has 9 nitrogen and oxygen atoms in total. The standard InChI is InChI=1S/C21H21F3N4O5S/c1-6-32-20(31)16-11(5)15(19(30)33-9(2)3)18(34-16)26-17(29)12-8-14-25-10(4)7-13(21(22,23)24)28(14)27-12/h7-9H,6H2,1-5H3,(H,26,29). The second kappa shape index (κ2) is 9.41. The van der Waals surface area contributed by atoms with Crippen molar-refractivity contribution >= 4 is 39.8 Å². The highest BCUT2D eigenvalue weighted by Crippen LogP contribution is 2.35. The van der Waals surface area contributed by atoms with Gasteiger partial charge in [-0.2, -0.15) is 18.3 Å². The molecule has 0 fully saturated rings. The number of halogens is 3. The molecule has 0 saturated heterocycles. The second-order valence-corrected chi connectivity index (χ2v) is 8.49. The summed E-state index contributed by atoms with van der Waals surface area (Å²) in [4.78, 5) is 41.9. The summed E-state index contributed by atoms with van der Waals surface area (Å²) in [5, 5.41) is 6.19. The third-order valence-corrected chi connectivity index (χ3v) is 5.65. The zero-order chi connectivity index (χ0) is 25.4. The molecular weight excluding hydrogens is 477 g/mol. The zero-order valence-electron chi connectivity index (χ0n) is 18.9. The van der Waals surface area contributed by atoms with Crippen LogP contribution in [0.1, 0.15) is 68.2 Å². The van der Waals surface area contributed by atoms with Crippen molar-refractivity contribution in [3.63, 3.8) is 0 Å². The number of aromatic nitrogens is 3. The summed E-state index contributed by atoms with van der Waals surface area (Å²) >= 11 is 0.792. The fraction of sp³-hybridized carbons (Fsp3) is 0.381. The maximum atomic E-state index is 13.4. The average Bonchev–Trinajstić information content (AvgIpc) is 3.27. The highest BCUT2D eigenvalue weighted by Gasteiger charge is 2.35. The van der Waals surface area contributed by atoms with Gasteiger partial charge in [0.1, 0.15) is 15.6 Å². The molecule has 1 amide bonds. The van der Waals surface area contributed by atoms with Gasteiger partial charge >= 0.3 is 18.1 Å². The highest BCUT2D eigenvalue weighted by molar-refractivity contribution is 7.18. The number of nitrogens with one attached hydrogen (secondary N) is 1. The summed E-state index contributed by atoms with van der Waals surface area (Å²) in [6.07, 6.45) is -5.20. The van der Waals surface area contributed by atoms with Gasteiger partial charge in [-0.1, -0.05) is 0 Å². The molecule has 34 heavy (non-hydrogen) atoms. The van der Waals surface area contributed by atoms with Gasteiger partial charge in [-0.05, 0) is 46.2 Å². The molecule has 3 rings (SSSR count). The molecule has 0 aliphatic heterocycles. The number of thiophene rings is 1. The summed E-state index contributed by atoms with van der Waals surface area (Å²) in [6.45, 7) is 7.87. The Morgan fingerprint density at radius 2 is 1.85 bits per heavy atom. The molecule has 3 aromatic rings. The van der Waals surface area contributed by atoms with Gasteiger partial charge in [-0.25, -0.2) is 19.1 Å². The van der Waals surface area contributed by atoms with Crippen LogP contribution in [0.25, 0.3) is 5.65 Å². The number of hydrogen-bond acceptors (Lipinski definition) is 8. The van der Waals surface area contributed by atoms with Crippen molar-refractivity contribution < 1.29 is 37.0 Å². The van der Waals surface area contributed by atoms with E-state index in [1.807, 2.05) is 0 Å². The van der Waals surface area contributed by atoms with Crippen LogP contribution in [-0.4, -0.2) is 45.2 Å². The number of carbonyl (C=O) groups is 3. The number of hydrogen-bond donors (Lipinski definition) is 1. The molecule has 0 aliphatic carbocycles. The summed E-state index contributed by atoms with van der Waals surface area (Å²) in [6, 6.07) is 1.91. The molecule has 182 valence electrons. The smallest absolute Gasteiger partial charge is 0.433 e. The predicted molar refractivity (Wildman–Crippen MR) is 116 cm³/mol. The number of fused-ring (bicyclic) bond motifs is 1. The number of anilines is 1. The number of aryl methyl sites for hydroxylation is 1. The number of alkyl halides is 3. The predicted octanol–water partition coefficient (Wildman–Crippen LogP) is 4.42. The van der Waals surface area contributed by atoms with Crippen molar-refractivity contribution in [3.8, 4) is 0 Å². The number of rotatable bonds is 6. The maximum absolute atomic E-state index is 13.4. The lowest BCUT2D eigenvalue weighted by Gasteiger charge is -2.10. The SMILES string of the molecule is CCOC(=O)c1sc(NC(=O)c2cc3nc(C)cc(C(F)(F)F)n3n2)c(C(=O)OC(C)C)c1C. The van der Waals surface area contributed by atoms with Gasteiger partial charge in [-0.3, -0.25) is 4.79 Å². The van der Waals surface area contributed by atoms with Gasteiger partial charge in [-0.15, -0.1) is 11.3 Å². The first kappa shape index (κ1) is 25.1. The van der Waals surface area contributed by atoms with E-state index in [4.69, 9.17) is 9.47 Å². The van der Waals surface area contributed by atoms with E-state index in [-0.39, 0.29) is 44.6 Å². The van der Waals surface area contributed by atoms with Crippen LogP contribution in [0.5, 0.6) is 0 Å². The van der Waals surface area contributed by atoms with E-state index in [9.17, 15) is 27.6 Å². The third-order valence-electron chi connectivity index (χ3n) is 4.46. The molecule has 0 bridgehead atoms. The molecule has 3 heterocycles. The molecule has 13 heteroatoms. The van der Waals surface area contributed by atoms with E-state index in [0.717, 1.165) is 23.5 Å². The molecule has 0 radical (unpaired) electrons. The van der Waals surface area contributed by atoms with Gasteiger partial charge in [0.15, 0.2) is 11.3 Å². The number of carbonyl (C=O) groups excluding carboxylic acids is 3. The topological polar surface area (TPSA) is 112 Å². The molecule has 0 spiro atoms. The lowest BCUT2D eigenvalue weighted by molar-refractivity contribution is -0.142. The minimum Gasteiger partial charge on any atom is -0.462 e. The highest BCUT2D eigenvalue weighted by atomic mass is 32.1. The van der Waals surface area contributed by atoms with Gasteiger partial charge in [0, 0.05) is 11.8 Å². The maximum Gasteiger partial charge on any atom is 0.433 e. The molecule has 0 unspecified atom stereocenters. The van der Waals surface area contributed by atoms with Crippen LogP contribution in [-0.2, 0) is 15.7 Å². The summed E-state index contributed by atoms with van der Waals surface area (Å²) < 4.78 is 51.0. The number of nitrogens with zero attached hydrogens (tertiary/aromatic N) is 3. The quantitative estimate of drug-likeness (QED) is 0.501. The van der Waals surface area contributed by atoms with Gasteiger partial charge in [0.25, 0.3) is 5.91 Å². The first-order chi connectivity index (χ1) is 15.8. The van der Waals surface area contributed by atoms with E-state index < -0.39 is 35.8 Å². The largest absolute Gasteiger partial charge is 0.462 e. The van der Waals surface area contributed by atoms with E-state index in [0.29, 0.717) is 4.52 Å². The minimum atomic E-state index is -4.72. The summed E-state index contributed by atoms with van der Waals surface area (Å²) in [5.41, 5.74) is -1.34. The van der Waals surface area contributed by atoms with Crippen molar-refractivity contribution in [1.29, 1.82) is 0 Å². The van der Waals surface area contributed by atoms with Crippen molar-refractivity contribution in [3.05, 3.63) is 45.2 Å². The summed E-state index contributed by atoms with van der Waals surface area (Å²) in [7, 11) is 0. The van der Waals surface area contributed by atoms with Crippen LogP contribution in [0.15, 0.2) is 12.1 Å². The van der Waals surface area contributed by atoms with Crippen LogP contribution in [0.3, 0.4) is 0 Å². The van der Waals surface area contributed by atoms with Crippen LogP contribution >= 0.6 is 11.3 Å². The Labute approximate surface area is 195 Å². The van der Waals surface area contributed by atoms with Gasteiger partial charge in [0.05, 0.1) is 18.3 Å². The van der Waals surface area contributed by atoms with Crippen molar-refractivity contribution in [2.45, 2.75) is 46.9 Å². The number of amides is 1. The zero-order valence-corrected chi connectivity index (χ0v) is 19.7. The van der Waals surface area contributed by atoms with E-state index >= 15 is 0 Å². The molecule has 0 aromatic carbocycles. The Bertz CT molecular complexity index is 1280. The van der Waals surface area contributed by atoms with Crippen LogP contribution in [0, 0.1) is 13.8 Å². The normalized spacial score (nSPS) is 11.7. The van der Waals surface area contributed by atoms with E-state index in [1.165, 1.54) is 13.8 Å². The average molecular weight is 498 g/mol. The van der Waals surface area contributed by atoms with E-state index in [2.05, 4.69) is 15.4 Å². The lowest BCUT2D eigenvalue weighted by atomic mass is 10.1. The molecule has 0 atom stereocenters.